The maximum atomic E-state index is 13.0. The van der Waals surface area contributed by atoms with Gasteiger partial charge in [0.1, 0.15) is 11.8 Å². The summed E-state index contributed by atoms with van der Waals surface area (Å²) < 4.78 is 5.13. The fraction of sp³-hybridized carbons (Fsp3) is 0.300. The fourth-order valence-electron chi connectivity index (χ4n) is 2.64. The molecule has 0 aliphatic carbocycles. The van der Waals surface area contributed by atoms with Crippen molar-refractivity contribution in [2.45, 2.75) is 25.9 Å². The number of amides is 2. The van der Waals surface area contributed by atoms with E-state index in [0.717, 1.165) is 16.9 Å². The lowest BCUT2D eigenvalue weighted by Gasteiger charge is -2.29. The first-order valence-corrected chi connectivity index (χ1v) is 9.19. The zero-order valence-corrected chi connectivity index (χ0v) is 17.0. The lowest BCUT2D eigenvalue weighted by molar-refractivity contribution is -0.139. The molecule has 144 valence electrons. The summed E-state index contributed by atoms with van der Waals surface area (Å²) in [5.74, 6) is 0.292. The van der Waals surface area contributed by atoms with Crippen molar-refractivity contribution in [3.63, 3.8) is 0 Å². The van der Waals surface area contributed by atoms with Gasteiger partial charge in [-0.2, -0.15) is 0 Å². The van der Waals surface area contributed by atoms with Crippen molar-refractivity contribution in [3.8, 4) is 5.75 Å². The molecule has 0 aliphatic rings. The summed E-state index contributed by atoms with van der Waals surface area (Å²) in [6.07, 6.45) is 0.163. The first-order chi connectivity index (χ1) is 12.8. The van der Waals surface area contributed by atoms with Gasteiger partial charge in [0.25, 0.3) is 0 Å². The summed E-state index contributed by atoms with van der Waals surface area (Å²) in [6, 6.07) is 11.7. The van der Waals surface area contributed by atoms with E-state index in [2.05, 4.69) is 5.32 Å². The number of methoxy groups -OCH3 is 1. The summed E-state index contributed by atoms with van der Waals surface area (Å²) >= 11 is 12.2. The molecule has 0 aromatic heterocycles. The van der Waals surface area contributed by atoms with Gasteiger partial charge in [-0.05, 0) is 42.3 Å². The molecule has 2 aromatic rings. The van der Waals surface area contributed by atoms with Crippen LogP contribution in [0.15, 0.2) is 42.5 Å². The molecule has 2 amide bonds. The molecule has 2 aromatic carbocycles. The Kier molecular flexibility index (Phi) is 7.51. The second-order valence-electron chi connectivity index (χ2n) is 6.07. The van der Waals surface area contributed by atoms with Crippen molar-refractivity contribution in [3.05, 3.63) is 63.6 Å². The van der Waals surface area contributed by atoms with Gasteiger partial charge in [0.2, 0.25) is 11.8 Å². The molecular weight excluding hydrogens is 387 g/mol. The van der Waals surface area contributed by atoms with Crippen molar-refractivity contribution < 1.29 is 14.3 Å². The quantitative estimate of drug-likeness (QED) is 0.759. The number of carbonyl (C=O) groups is 2. The lowest BCUT2D eigenvalue weighted by atomic mass is 10.1. The van der Waals surface area contributed by atoms with Crippen LogP contribution in [0.2, 0.25) is 10.0 Å². The van der Waals surface area contributed by atoms with E-state index < -0.39 is 6.04 Å². The molecule has 0 saturated carbocycles. The second kappa shape index (κ2) is 9.62. The van der Waals surface area contributed by atoms with Gasteiger partial charge < -0.3 is 15.0 Å². The molecule has 0 heterocycles. The van der Waals surface area contributed by atoms with E-state index in [1.54, 1.807) is 51.4 Å². The van der Waals surface area contributed by atoms with Crippen molar-refractivity contribution in [1.29, 1.82) is 0 Å². The Morgan fingerprint density at radius 2 is 1.81 bits per heavy atom. The van der Waals surface area contributed by atoms with Crippen LogP contribution < -0.4 is 10.1 Å². The Balaban J connectivity index is 2.24. The zero-order valence-electron chi connectivity index (χ0n) is 15.5. The second-order valence-corrected chi connectivity index (χ2v) is 6.92. The summed E-state index contributed by atoms with van der Waals surface area (Å²) in [4.78, 5) is 26.6. The number of rotatable bonds is 7. The Bertz CT molecular complexity index is 809. The molecular formula is C20H22Cl2N2O3. The van der Waals surface area contributed by atoms with Gasteiger partial charge in [0.05, 0.1) is 13.5 Å². The molecule has 0 saturated heterocycles. The Morgan fingerprint density at radius 1 is 1.15 bits per heavy atom. The number of nitrogens with zero attached hydrogens (tertiary/aromatic N) is 1. The number of nitrogens with one attached hydrogen (secondary N) is 1. The Labute approximate surface area is 169 Å². The third kappa shape index (κ3) is 5.62. The van der Waals surface area contributed by atoms with Crippen molar-refractivity contribution in [2.24, 2.45) is 0 Å². The minimum absolute atomic E-state index is 0.163. The number of carbonyl (C=O) groups excluding carboxylic acids is 2. The van der Waals surface area contributed by atoms with Gasteiger partial charge in [-0.25, -0.2) is 0 Å². The van der Waals surface area contributed by atoms with Gasteiger partial charge in [-0.3, -0.25) is 9.59 Å². The number of halogens is 2. The topological polar surface area (TPSA) is 58.6 Å². The lowest BCUT2D eigenvalue weighted by Crippen LogP contribution is -2.47. The van der Waals surface area contributed by atoms with Crippen LogP contribution in [-0.2, 0) is 22.6 Å². The van der Waals surface area contributed by atoms with Crippen LogP contribution in [0.25, 0.3) is 0 Å². The molecule has 0 fully saturated rings. The van der Waals surface area contributed by atoms with Crippen LogP contribution in [0.3, 0.4) is 0 Å². The minimum Gasteiger partial charge on any atom is -0.497 e. The van der Waals surface area contributed by atoms with E-state index >= 15 is 0 Å². The van der Waals surface area contributed by atoms with Crippen LogP contribution in [-0.4, -0.2) is 36.9 Å². The largest absolute Gasteiger partial charge is 0.497 e. The molecule has 1 atom stereocenters. The van der Waals surface area contributed by atoms with Crippen molar-refractivity contribution >= 4 is 35.0 Å². The van der Waals surface area contributed by atoms with Gasteiger partial charge in [0.15, 0.2) is 0 Å². The number of likely N-dealkylation sites (N-methyl/N-ethyl adjacent to an activating group) is 1. The van der Waals surface area contributed by atoms with Gasteiger partial charge in [-0.1, -0.05) is 41.4 Å². The van der Waals surface area contributed by atoms with Crippen molar-refractivity contribution in [2.75, 3.05) is 14.2 Å². The summed E-state index contributed by atoms with van der Waals surface area (Å²) in [5.41, 5.74) is 1.55. The standard InChI is InChI=1S/C20H22Cl2N2O3/c1-13(20(26)23-2)24(12-15-6-7-16(21)11-18(15)22)19(25)10-14-4-8-17(27-3)9-5-14/h4-9,11,13H,10,12H2,1-3H3,(H,23,26)/t13-/m1/s1. The van der Waals surface area contributed by atoms with Gasteiger partial charge >= 0.3 is 0 Å². The van der Waals surface area contributed by atoms with Crippen LogP contribution in [0.4, 0.5) is 0 Å². The number of hydrogen-bond acceptors (Lipinski definition) is 3. The Morgan fingerprint density at radius 3 is 2.37 bits per heavy atom. The third-order valence-corrected chi connectivity index (χ3v) is 4.87. The van der Waals surface area contributed by atoms with E-state index in [1.807, 2.05) is 12.1 Å². The van der Waals surface area contributed by atoms with Crippen LogP contribution in [0.5, 0.6) is 5.75 Å². The molecule has 2 rings (SSSR count). The molecule has 7 heteroatoms. The first kappa shape index (κ1) is 21.1. The normalized spacial score (nSPS) is 11.6. The monoisotopic (exact) mass is 408 g/mol. The average Bonchev–Trinajstić information content (AvgIpc) is 2.66. The molecule has 0 radical (unpaired) electrons. The number of ether oxygens (including phenoxy) is 1. The SMILES string of the molecule is CNC(=O)[C@@H](C)N(Cc1ccc(Cl)cc1Cl)C(=O)Cc1ccc(OC)cc1. The van der Waals surface area contributed by atoms with Crippen LogP contribution in [0, 0.1) is 0 Å². The molecule has 0 spiro atoms. The van der Waals surface area contributed by atoms with E-state index in [-0.39, 0.29) is 24.8 Å². The van der Waals surface area contributed by atoms with E-state index in [0.29, 0.717) is 10.0 Å². The molecule has 0 unspecified atom stereocenters. The average molecular weight is 409 g/mol. The molecule has 0 bridgehead atoms. The minimum atomic E-state index is -0.646. The predicted molar refractivity (Wildman–Crippen MR) is 107 cm³/mol. The van der Waals surface area contributed by atoms with Crippen LogP contribution in [0.1, 0.15) is 18.1 Å². The summed E-state index contributed by atoms with van der Waals surface area (Å²) in [6.45, 7) is 1.90. The van der Waals surface area contributed by atoms with Gasteiger partial charge in [-0.15, -0.1) is 0 Å². The highest BCUT2D eigenvalue weighted by atomic mass is 35.5. The molecule has 27 heavy (non-hydrogen) atoms. The fourth-order valence-corrected chi connectivity index (χ4v) is 3.11. The first-order valence-electron chi connectivity index (χ1n) is 8.43. The highest BCUT2D eigenvalue weighted by Crippen LogP contribution is 2.23. The third-order valence-electron chi connectivity index (χ3n) is 4.28. The molecule has 5 nitrogen and oxygen atoms in total. The Hall–Kier alpha value is -2.24. The van der Waals surface area contributed by atoms with Crippen LogP contribution >= 0.6 is 23.2 Å². The number of benzene rings is 2. The van der Waals surface area contributed by atoms with Gasteiger partial charge in [0, 0.05) is 23.6 Å². The molecule has 0 aliphatic heterocycles. The smallest absolute Gasteiger partial charge is 0.242 e. The van der Waals surface area contributed by atoms with E-state index in [9.17, 15) is 9.59 Å². The zero-order chi connectivity index (χ0) is 20.0. The summed E-state index contributed by atoms with van der Waals surface area (Å²) in [7, 11) is 3.13. The van der Waals surface area contributed by atoms with E-state index in [1.165, 1.54) is 4.90 Å². The highest BCUT2D eigenvalue weighted by Gasteiger charge is 2.26. The molecule has 1 N–H and O–H groups in total. The highest BCUT2D eigenvalue weighted by molar-refractivity contribution is 6.35. The predicted octanol–water partition coefficient (Wildman–Crippen LogP) is 3.71. The summed E-state index contributed by atoms with van der Waals surface area (Å²) in [5, 5.41) is 3.55. The maximum Gasteiger partial charge on any atom is 0.242 e. The number of hydrogen-bond donors (Lipinski definition) is 1. The van der Waals surface area contributed by atoms with E-state index in [4.69, 9.17) is 27.9 Å². The maximum absolute atomic E-state index is 13.0. The van der Waals surface area contributed by atoms with Crippen molar-refractivity contribution in [1.82, 2.24) is 10.2 Å².